The maximum atomic E-state index is 12.7. The van der Waals surface area contributed by atoms with E-state index in [0.717, 1.165) is 11.1 Å². The molecule has 1 heterocycles. The molecule has 0 spiro atoms. The SMILES string of the molecule is CN(C)c1cccc2c(S(=O)(=O)N3CC(O)C3)cccc12. The number of aliphatic hydroxyl groups is 1. The lowest BCUT2D eigenvalue weighted by Gasteiger charge is -2.34. The van der Waals surface area contributed by atoms with E-state index >= 15 is 0 Å². The first-order valence-electron chi connectivity index (χ1n) is 6.78. The van der Waals surface area contributed by atoms with Crippen LogP contribution in [0.25, 0.3) is 10.8 Å². The summed E-state index contributed by atoms with van der Waals surface area (Å²) in [6, 6.07) is 11.0. The van der Waals surface area contributed by atoms with Gasteiger partial charge in [-0.15, -0.1) is 0 Å². The second kappa shape index (κ2) is 4.98. The van der Waals surface area contributed by atoms with Crippen LogP contribution in [0.15, 0.2) is 41.3 Å². The third kappa shape index (κ3) is 2.29. The minimum absolute atomic E-state index is 0.173. The molecule has 0 amide bonds. The van der Waals surface area contributed by atoms with Crippen molar-refractivity contribution < 1.29 is 13.5 Å². The summed E-state index contributed by atoms with van der Waals surface area (Å²) in [6.45, 7) is 0.345. The van der Waals surface area contributed by atoms with Crippen LogP contribution in [-0.4, -0.2) is 51.1 Å². The molecule has 1 saturated heterocycles. The van der Waals surface area contributed by atoms with E-state index in [0.29, 0.717) is 10.3 Å². The average molecular weight is 306 g/mol. The normalized spacial score (nSPS) is 16.9. The summed E-state index contributed by atoms with van der Waals surface area (Å²) in [5.41, 5.74) is 0.980. The predicted octanol–water partition coefficient (Wildman–Crippen LogP) is 1.27. The molecule has 1 fully saturated rings. The van der Waals surface area contributed by atoms with Gasteiger partial charge in [0.2, 0.25) is 10.0 Å². The predicted molar refractivity (Wildman–Crippen MR) is 83.0 cm³/mol. The minimum Gasteiger partial charge on any atom is -0.390 e. The Morgan fingerprint density at radius 1 is 1.10 bits per heavy atom. The first kappa shape index (κ1) is 14.3. The largest absolute Gasteiger partial charge is 0.390 e. The van der Waals surface area contributed by atoms with Gasteiger partial charge in [0.1, 0.15) is 0 Å². The van der Waals surface area contributed by atoms with Crippen molar-refractivity contribution in [3.63, 3.8) is 0 Å². The van der Waals surface area contributed by atoms with Crippen LogP contribution < -0.4 is 4.90 Å². The fourth-order valence-corrected chi connectivity index (χ4v) is 4.35. The zero-order chi connectivity index (χ0) is 15.2. The molecule has 1 N–H and O–H groups in total. The summed E-state index contributed by atoms with van der Waals surface area (Å²) in [5.74, 6) is 0. The van der Waals surface area contributed by atoms with Gasteiger partial charge in [-0.3, -0.25) is 0 Å². The number of rotatable bonds is 3. The molecule has 2 aromatic carbocycles. The van der Waals surface area contributed by atoms with Crippen molar-refractivity contribution in [1.82, 2.24) is 4.31 Å². The van der Waals surface area contributed by atoms with Crippen LogP contribution in [0.5, 0.6) is 0 Å². The Kier molecular flexibility index (Phi) is 3.39. The topological polar surface area (TPSA) is 60.9 Å². The molecule has 3 rings (SSSR count). The van der Waals surface area contributed by atoms with E-state index in [1.165, 1.54) is 4.31 Å². The van der Waals surface area contributed by atoms with E-state index in [1.807, 2.05) is 43.3 Å². The maximum absolute atomic E-state index is 12.7. The molecule has 0 radical (unpaired) electrons. The standard InChI is InChI=1S/C15H18N2O3S/c1-16(2)14-7-3-6-13-12(14)5-4-8-15(13)21(19,20)17-9-11(18)10-17/h3-8,11,18H,9-10H2,1-2H3. The molecule has 0 bridgehead atoms. The molecule has 112 valence electrons. The number of aliphatic hydroxyl groups excluding tert-OH is 1. The number of benzene rings is 2. The molecule has 5 nitrogen and oxygen atoms in total. The van der Waals surface area contributed by atoms with Crippen LogP contribution in [0.2, 0.25) is 0 Å². The van der Waals surface area contributed by atoms with Gasteiger partial charge in [-0.1, -0.05) is 24.3 Å². The van der Waals surface area contributed by atoms with E-state index < -0.39 is 16.1 Å². The summed E-state index contributed by atoms with van der Waals surface area (Å²) >= 11 is 0. The summed E-state index contributed by atoms with van der Waals surface area (Å²) in [5, 5.41) is 11.0. The maximum Gasteiger partial charge on any atom is 0.243 e. The minimum atomic E-state index is -3.55. The molecule has 21 heavy (non-hydrogen) atoms. The van der Waals surface area contributed by atoms with Crippen LogP contribution >= 0.6 is 0 Å². The Labute approximate surface area is 124 Å². The molecule has 0 aliphatic carbocycles. The van der Waals surface area contributed by atoms with E-state index in [9.17, 15) is 13.5 Å². The van der Waals surface area contributed by atoms with Crippen molar-refractivity contribution in [2.75, 3.05) is 32.1 Å². The van der Waals surface area contributed by atoms with Crippen molar-refractivity contribution in [2.45, 2.75) is 11.0 Å². The summed E-state index contributed by atoms with van der Waals surface area (Å²) in [7, 11) is 0.315. The first-order valence-corrected chi connectivity index (χ1v) is 8.22. The molecule has 1 aliphatic rings. The van der Waals surface area contributed by atoms with E-state index in [1.54, 1.807) is 12.1 Å². The van der Waals surface area contributed by atoms with Gasteiger partial charge in [0.15, 0.2) is 0 Å². The van der Waals surface area contributed by atoms with Crippen molar-refractivity contribution in [1.29, 1.82) is 0 Å². The zero-order valence-electron chi connectivity index (χ0n) is 12.0. The molecule has 0 unspecified atom stereocenters. The fourth-order valence-electron chi connectivity index (χ4n) is 2.63. The number of fused-ring (bicyclic) bond motifs is 1. The fraction of sp³-hybridized carbons (Fsp3) is 0.333. The van der Waals surface area contributed by atoms with Gasteiger partial charge in [-0.2, -0.15) is 4.31 Å². The molecule has 0 aromatic heterocycles. The summed E-state index contributed by atoms with van der Waals surface area (Å²) < 4.78 is 26.6. The van der Waals surface area contributed by atoms with Gasteiger partial charge in [-0.05, 0) is 12.1 Å². The lowest BCUT2D eigenvalue weighted by molar-refractivity contribution is 0.0548. The number of β-amino-alcohol motifs (C(OH)–C–C–N with tert-alkyl or cyclic N) is 1. The monoisotopic (exact) mass is 306 g/mol. The highest BCUT2D eigenvalue weighted by atomic mass is 32.2. The van der Waals surface area contributed by atoms with Gasteiger partial charge in [0, 0.05) is 43.6 Å². The number of sulfonamides is 1. The molecule has 0 saturated carbocycles. The Hall–Kier alpha value is -1.63. The van der Waals surface area contributed by atoms with Crippen molar-refractivity contribution in [3.05, 3.63) is 36.4 Å². The van der Waals surface area contributed by atoms with Crippen LogP contribution in [-0.2, 0) is 10.0 Å². The van der Waals surface area contributed by atoms with Crippen molar-refractivity contribution in [2.24, 2.45) is 0 Å². The van der Waals surface area contributed by atoms with Crippen LogP contribution in [0, 0.1) is 0 Å². The second-order valence-corrected chi connectivity index (χ2v) is 7.41. The summed E-state index contributed by atoms with van der Waals surface area (Å²) in [6.07, 6.45) is -0.549. The summed E-state index contributed by atoms with van der Waals surface area (Å²) in [4.78, 5) is 2.27. The van der Waals surface area contributed by atoms with Crippen LogP contribution in [0.1, 0.15) is 0 Å². The van der Waals surface area contributed by atoms with Crippen molar-refractivity contribution >= 4 is 26.5 Å². The molecule has 0 atom stereocenters. The number of anilines is 1. The highest BCUT2D eigenvalue weighted by molar-refractivity contribution is 7.89. The Morgan fingerprint density at radius 3 is 2.33 bits per heavy atom. The van der Waals surface area contributed by atoms with Crippen LogP contribution in [0.4, 0.5) is 5.69 Å². The van der Waals surface area contributed by atoms with Gasteiger partial charge < -0.3 is 10.0 Å². The van der Waals surface area contributed by atoms with E-state index in [2.05, 4.69) is 0 Å². The Morgan fingerprint density at radius 2 is 1.71 bits per heavy atom. The van der Waals surface area contributed by atoms with E-state index in [4.69, 9.17) is 0 Å². The highest BCUT2D eigenvalue weighted by Gasteiger charge is 2.36. The van der Waals surface area contributed by atoms with Gasteiger partial charge in [0.25, 0.3) is 0 Å². The molecular weight excluding hydrogens is 288 g/mol. The van der Waals surface area contributed by atoms with E-state index in [-0.39, 0.29) is 13.1 Å². The Balaban J connectivity index is 2.18. The van der Waals surface area contributed by atoms with Crippen LogP contribution in [0.3, 0.4) is 0 Å². The quantitative estimate of drug-likeness (QED) is 0.928. The second-order valence-electron chi connectivity index (χ2n) is 5.50. The zero-order valence-corrected chi connectivity index (χ0v) is 12.8. The van der Waals surface area contributed by atoms with Gasteiger partial charge >= 0.3 is 0 Å². The molecular formula is C15H18N2O3S. The number of nitrogens with zero attached hydrogens (tertiary/aromatic N) is 2. The van der Waals surface area contributed by atoms with Gasteiger partial charge in [0.05, 0.1) is 11.0 Å². The third-order valence-corrected chi connectivity index (χ3v) is 5.68. The number of hydrogen-bond acceptors (Lipinski definition) is 4. The smallest absolute Gasteiger partial charge is 0.243 e. The molecule has 2 aromatic rings. The first-order chi connectivity index (χ1) is 9.91. The highest BCUT2D eigenvalue weighted by Crippen LogP contribution is 2.32. The molecule has 6 heteroatoms. The van der Waals surface area contributed by atoms with Gasteiger partial charge in [-0.25, -0.2) is 8.42 Å². The molecule has 1 aliphatic heterocycles. The Bertz CT molecular complexity index is 781. The lowest BCUT2D eigenvalue weighted by atomic mass is 10.1. The lowest BCUT2D eigenvalue weighted by Crippen LogP contribution is -2.53. The number of hydrogen-bond donors (Lipinski definition) is 1. The average Bonchev–Trinajstić information content (AvgIpc) is 2.42. The third-order valence-electron chi connectivity index (χ3n) is 3.79. The van der Waals surface area contributed by atoms with Crippen molar-refractivity contribution in [3.8, 4) is 0 Å².